The molecule has 2 unspecified atom stereocenters. The van der Waals surface area contributed by atoms with E-state index in [-0.39, 0.29) is 24.0 Å². The first-order valence-electron chi connectivity index (χ1n) is 8.59. The largest absolute Gasteiger partial charge is 0.444 e. The van der Waals surface area contributed by atoms with Gasteiger partial charge in [0.05, 0.1) is 12.0 Å². The monoisotopic (exact) mass is 332 g/mol. The van der Waals surface area contributed by atoms with Gasteiger partial charge >= 0.3 is 6.09 Å². The summed E-state index contributed by atoms with van der Waals surface area (Å²) in [6.45, 7) is 8.58. The summed E-state index contributed by atoms with van der Waals surface area (Å²) in [6, 6.07) is 9.83. The Hall–Kier alpha value is -2.04. The highest BCUT2D eigenvalue weighted by Crippen LogP contribution is 2.21. The van der Waals surface area contributed by atoms with Gasteiger partial charge in [0.1, 0.15) is 5.60 Å². The minimum Gasteiger partial charge on any atom is -0.444 e. The fourth-order valence-electron chi connectivity index (χ4n) is 2.84. The van der Waals surface area contributed by atoms with Gasteiger partial charge in [-0.25, -0.2) is 4.79 Å². The molecular formula is C19H28N2O3. The molecule has 24 heavy (non-hydrogen) atoms. The number of hydrogen-bond acceptors (Lipinski definition) is 3. The molecule has 2 atom stereocenters. The van der Waals surface area contributed by atoms with Crippen molar-refractivity contribution in [1.29, 1.82) is 0 Å². The van der Waals surface area contributed by atoms with Crippen LogP contribution in [0.1, 0.15) is 52.1 Å². The van der Waals surface area contributed by atoms with Gasteiger partial charge in [0, 0.05) is 13.1 Å². The van der Waals surface area contributed by atoms with Crippen LogP contribution in [0.2, 0.25) is 0 Å². The molecule has 1 aromatic carbocycles. The van der Waals surface area contributed by atoms with Gasteiger partial charge in [0.15, 0.2) is 0 Å². The van der Waals surface area contributed by atoms with Crippen molar-refractivity contribution >= 4 is 12.0 Å². The number of likely N-dealkylation sites (tertiary alicyclic amines) is 1. The van der Waals surface area contributed by atoms with Crippen LogP contribution in [0.15, 0.2) is 30.3 Å². The van der Waals surface area contributed by atoms with Gasteiger partial charge in [-0.3, -0.25) is 4.79 Å². The molecule has 0 spiro atoms. The molecule has 0 aliphatic carbocycles. The summed E-state index contributed by atoms with van der Waals surface area (Å²) < 4.78 is 5.41. The maximum absolute atomic E-state index is 12.5. The molecule has 132 valence electrons. The van der Waals surface area contributed by atoms with Gasteiger partial charge in [-0.2, -0.15) is 0 Å². The Balaban J connectivity index is 1.91. The molecule has 1 heterocycles. The number of hydrogen-bond donors (Lipinski definition) is 1. The second-order valence-corrected chi connectivity index (χ2v) is 7.41. The smallest absolute Gasteiger partial charge is 0.410 e. The lowest BCUT2D eigenvalue weighted by Gasteiger charge is -2.34. The fraction of sp³-hybridized carbons (Fsp3) is 0.579. The Morgan fingerprint density at radius 3 is 2.54 bits per heavy atom. The predicted octanol–water partition coefficient (Wildman–Crippen LogP) is 3.51. The highest BCUT2D eigenvalue weighted by molar-refractivity contribution is 5.80. The van der Waals surface area contributed by atoms with Gasteiger partial charge < -0.3 is 15.0 Å². The van der Waals surface area contributed by atoms with Crippen LogP contribution in [0, 0.1) is 5.92 Å². The second-order valence-electron chi connectivity index (χ2n) is 7.41. The maximum Gasteiger partial charge on any atom is 0.410 e. The van der Waals surface area contributed by atoms with Crippen molar-refractivity contribution in [2.45, 2.75) is 52.2 Å². The Kier molecular flexibility index (Phi) is 5.86. The normalized spacial score (nSPS) is 19.5. The van der Waals surface area contributed by atoms with Crippen LogP contribution in [-0.2, 0) is 9.53 Å². The first-order valence-corrected chi connectivity index (χ1v) is 8.59. The Bertz CT molecular complexity index is 566. The van der Waals surface area contributed by atoms with Crippen LogP contribution in [0.5, 0.6) is 0 Å². The third kappa shape index (κ3) is 5.25. The van der Waals surface area contributed by atoms with Crippen molar-refractivity contribution < 1.29 is 14.3 Å². The van der Waals surface area contributed by atoms with E-state index in [1.54, 1.807) is 4.90 Å². The van der Waals surface area contributed by atoms with E-state index in [2.05, 4.69) is 5.32 Å². The molecule has 2 rings (SSSR count). The van der Waals surface area contributed by atoms with Crippen molar-refractivity contribution in [1.82, 2.24) is 10.2 Å². The van der Waals surface area contributed by atoms with Crippen molar-refractivity contribution in [2.24, 2.45) is 5.92 Å². The van der Waals surface area contributed by atoms with E-state index < -0.39 is 5.60 Å². The topological polar surface area (TPSA) is 58.6 Å². The van der Waals surface area contributed by atoms with E-state index in [9.17, 15) is 9.59 Å². The maximum atomic E-state index is 12.5. The molecule has 1 fully saturated rings. The second kappa shape index (κ2) is 7.69. The predicted molar refractivity (Wildman–Crippen MR) is 93.5 cm³/mol. The van der Waals surface area contributed by atoms with Crippen LogP contribution >= 0.6 is 0 Å². The summed E-state index contributed by atoms with van der Waals surface area (Å²) in [5.74, 6) is -0.183. The zero-order chi connectivity index (χ0) is 17.7. The lowest BCUT2D eigenvalue weighted by molar-refractivity contribution is -0.127. The highest BCUT2D eigenvalue weighted by atomic mass is 16.6. The van der Waals surface area contributed by atoms with Gasteiger partial charge in [0.2, 0.25) is 5.91 Å². The number of ether oxygens (including phenoxy) is 1. The summed E-state index contributed by atoms with van der Waals surface area (Å²) in [5.41, 5.74) is 0.555. The zero-order valence-electron chi connectivity index (χ0n) is 15.0. The Morgan fingerprint density at radius 1 is 1.25 bits per heavy atom. The molecule has 1 aliphatic heterocycles. The summed E-state index contributed by atoms with van der Waals surface area (Å²) in [7, 11) is 0. The Labute approximate surface area is 144 Å². The molecule has 0 bridgehead atoms. The molecule has 2 amide bonds. The highest BCUT2D eigenvalue weighted by Gasteiger charge is 2.31. The van der Waals surface area contributed by atoms with Crippen LogP contribution in [0.3, 0.4) is 0 Å². The average Bonchev–Trinajstić information content (AvgIpc) is 2.54. The summed E-state index contributed by atoms with van der Waals surface area (Å²) >= 11 is 0. The molecule has 1 N–H and O–H groups in total. The zero-order valence-corrected chi connectivity index (χ0v) is 15.0. The molecule has 1 aromatic rings. The number of nitrogens with zero attached hydrogens (tertiary/aromatic N) is 1. The van der Waals surface area contributed by atoms with Gasteiger partial charge in [-0.1, -0.05) is 30.3 Å². The first kappa shape index (κ1) is 18.3. The van der Waals surface area contributed by atoms with Crippen molar-refractivity contribution in [3.63, 3.8) is 0 Å². The lowest BCUT2D eigenvalue weighted by Crippen LogP contribution is -2.47. The average molecular weight is 332 g/mol. The number of carbonyl (C=O) groups excluding carboxylic acids is 2. The fourth-order valence-corrected chi connectivity index (χ4v) is 2.84. The van der Waals surface area contributed by atoms with Crippen molar-refractivity contribution in [3.05, 3.63) is 35.9 Å². The van der Waals surface area contributed by atoms with Crippen LogP contribution in [0.25, 0.3) is 0 Å². The van der Waals surface area contributed by atoms with Gasteiger partial charge in [-0.15, -0.1) is 0 Å². The number of benzene rings is 1. The standard InChI is InChI=1S/C19H28N2O3/c1-14(15-9-6-5-7-10-15)20-17(22)16-11-8-12-21(13-16)18(23)24-19(2,3)4/h5-7,9-10,14,16H,8,11-13H2,1-4H3,(H,20,22). The summed E-state index contributed by atoms with van der Waals surface area (Å²) in [5, 5.41) is 3.06. The van der Waals surface area contributed by atoms with Crippen molar-refractivity contribution in [3.8, 4) is 0 Å². The van der Waals surface area contributed by atoms with E-state index >= 15 is 0 Å². The first-order chi connectivity index (χ1) is 11.3. The number of carbonyl (C=O) groups is 2. The summed E-state index contributed by atoms with van der Waals surface area (Å²) in [4.78, 5) is 26.4. The van der Waals surface area contributed by atoms with Crippen LogP contribution in [-0.4, -0.2) is 35.6 Å². The van der Waals surface area contributed by atoms with E-state index in [4.69, 9.17) is 4.74 Å². The Morgan fingerprint density at radius 2 is 1.92 bits per heavy atom. The van der Waals surface area contributed by atoms with Crippen LogP contribution < -0.4 is 5.32 Å². The molecule has 5 nitrogen and oxygen atoms in total. The van der Waals surface area contributed by atoms with Gasteiger partial charge in [0.25, 0.3) is 0 Å². The van der Waals surface area contributed by atoms with E-state index in [0.29, 0.717) is 13.1 Å². The van der Waals surface area contributed by atoms with Gasteiger partial charge in [-0.05, 0) is 46.1 Å². The minimum atomic E-state index is -0.520. The minimum absolute atomic E-state index is 0.000360. The molecule has 0 aromatic heterocycles. The number of nitrogens with one attached hydrogen (secondary N) is 1. The SMILES string of the molecule is CC(NC(=O)C1CCCN(C(=O)OC(C)(C)C)C1)c1ccccc1. The molecule has 1 saturated heterocycles. The number of piperidine rings is 1. The van der Waals surface area contributed by atoms with E-state index in [1.807, 2.05) is 58.0 Å². The van der Waals surface area contributed by atoms with E-state index in [0.717, 1.165) is 18.4 Å². The van der Waals surface area contributed by atoms with Crippen molar-refractivity contribution in [2.75, 3.05) is 13.1 Å². The molecule has 0 saturated carbocycles. The molecular weight excluding hydrogens is 304 g/mol. The van der Waals surface area contributed by atoms with Crippen LogP contribution in [0.4, 0.5) is 4.79 Å². The molecule has 0 radical (unpaired) electrons. The molecule has 5 heteroatoms. The third-order valence-corrected chi connectivity index (χ3v) is 4.10. The quantitative estimate of drug-likeness (QED) is 0.921. The molecule has 1 aliphatic rings. The summed E-state index contributed by atoms with van der Waals surface area (Å²) in [6.07, 6.45) is 1.28. The third-order valence-electron chi connectivity index (χ3n) is 4.10. The van der Waals surface area contributed by atoms with E-state index in [1.165, 1.54) is 0 Å². The lowest BCUT2D eigenvalue weighted by atomic mass is 9.96. The number of rotatable bonds is 3. The number of amides is 2.